The molecule has 1 aliphatic heterocycles. The number of benzene rings is 2. The van der Waals surface area contributed by atoms with E-state index in [2.05, 4.69) is 9.89 Å². The van der Waals surface area contributed by atoms with Crippen LogP contribution >= 0.6 is 0 Å². The number of hydrogen-bond acceptors (Lipinski definition) is 4. The summed E-state index contributed by atoms with van der Waals surface area (Å²) < 4.78 is 42.0. The minimum absolute atomic E-state index is 0.270. The highest BCUT2D eigenvalue weighted by molar-refractivity contribution is 7.89. The van der Waals surface area contributed by atoms with E-state index in [-0.39, 0.29) is 10.7 Å². The Hall–Kier alpha value is -2.25. The van der Waals surface area contributed by atoms with Crippen molar-refractivity contribution in [3.8, 4) is 0 Å². The van der Waals surface area contributed by atoms with Gasteiger partial charge in [-0.1, -0.05) is 32.0 Å². The zero-order valence-electron chi connectivity index (χ0n) is 17.0. The second-order valence-electron chi connectivity index (χ2n) is 7.07. The van der Waals surface area contributed by atoms with Crippen molar-refractivity contribution in [1.29, 1.82) is 0 Å². The average molecular weight is 418 g/mol. The first-order chi connectivity index (χ1) is 14.0. The van der Waals surface area contributed by atoms with Crippen LogP contribution in [0.25, 0.3) is 0 Å². The molecule has 7 heteroatoms. The Morgan fingerprint density at radius 2 is 1.76 bits per heavy atom. The fourth-order valence-corrected chi connectivity index (χ4v) is 5.30. The lowest BCUT2D eigenvalue weighted by atomic mass is 10.1. The van der Waals surface area contributed by atoms with Crippen molar-refractivity contribution in [1.82, 2.24) is 4.31 Å². The number of rotatable bonds is 7. The minimum atomic E-state index is -3.65. The summed E-state index contributed by atoms with van der Waals surface area (Å²) >= 11 is 0. The first kappa shape index (κ1) is 21.5. The van der Waals surface area contributed by atoms with E-state index in [1.54, 1.807) is 30.3 Å². The van der Waals surface area contributed by atoms with Gasteiger partial charge in [-0.2, -0.15) is 4.31 Å². The quantitative estimate of drug-likeness (QED) is 0.619. The summed E-state index contributed by atoms with van der Waals surface area (Å²) in [5.41, 5.74) is 1.57. The highest BCUT2D eigenvalue weighted by Crippen LogP contribution is 2.33. The van der Waals surface area contributed by atoms with Gasteiger partial charge in [-0.05, 0) is 43.5 Å². The molecule has 0 aromatic heterocycles. The SMILES string of the molecule is CCN(CC)S(=O)(=O)c1cc(N=Cc2ccccc2F)ccc1N1CCCCC1. The predicted molar refractivity (Wildman–Crippen MR) is 116 cm³/mol. The van der Waals surface area contributed by atoms with Gasteiger partial charge in [0.05, 0.1) is 11.4 Å². The van der Waals surface area contributed by atoms with Gasteiger partial charge in [0, 0.05) is 38.0 Å². The predicted octanol–water partition coefficient (Wildman–Crippen LogP) is 4.60. The largest absolute Gasteiger partial charge is 0.370 e. The lowest BCUT2D eigenvalue weighted by Crippen LogP contribution is -2.34. The minimum Gasteiger partial charge on any atom is -0.370 e. The molecule has 1 aliphatic rings. The van der Waals surface area contributed by atoms with Gasteiger partial charge in [-0.15, -0.1) is 0 Å². The van der Waals surface area contributed by atoms with E-state index in [9.17, 15) is 12.8 Å². The molecule has 0 unspecified atom stereocenters. The van der Waals surface area contributed by atoms with E-state index < -0.39 is 10.0 Å². The van der Waals surface area contributed by atoms with Crippen LogP contribution < -0.4 is 4.90 Å². The van der Waals surface area contributed by atoms with Gasteiger partial charge in [0.2, 0.25) is 10.0 Å². The number of aliphatic imine (C=N–C) groups is 1. The number of nitrogens with zero attached hydrogens (tertiary/aromatic N) is 3. The molecule has 0 amide bonds. The lowest BCUT2D eigenvalue weighted by molar-refractivity contribution is 0.445. The Kier molecular flexibility index (Phi) is 7.03. The van der Waals surface area contributed by atoms with E-state index in [4.69, 9.17) is 0 Å². The summed E-state index contributed by atoms with van der Waals surface area (Å²) in [6.07, 6.45) is 4.70. The molecular weight excluding hydrogens is 389 g/mol. The van der Waals surface area contributed by atoms with E-state index in [0.717, 1.165) is 31.6 Å². The van der Waals surface area contributed by atoms with E-state index in [0.29, 0.717) is 24.3 Å². The van der Waals surface area contributed by atoms with Gasteiger partial charge in [0.25, 0.3) is 0 Å². The Labute approximate surface area is 172 Å². The second kappa shape index (κ2) is 9.50. The molecule has 29 heavy (non-hydrogen) atoms. The van der Waals surface area contributed by atoms with Crippen molar-refractivity contribution in [2.75, 3.05) is 31.1 Å². The van der Waals surface area contributed by atoms with Crippen molar-refractivity contribution in [3.05, 3.63) is 53.8 Å². The Morgan fingerprint density at radius 1 is 1.07 bits per heavy atom. The fraction of sp³-hybridized carbons (Fsp3) is 0.409. The number of hydrogen-bond donors (Lipinski definition) is 0. The topological polar surface area (TPSA) is 53.0 Å². The molecule has 0 atom stereocenters. The van der Waals surface area contributed by atoms with E-state index in [1.807, 2.05) is 19.9 Å². The molecule has 0 spiro atoms. The Bertz CT molecular complexity index is 966. The van der Waals surface area contributed by atoms with Gasteiger partial charge >= 0.3 is 0 Å². The molecule has 0 saturated carbocycles. The zero-order valence-corrected chi connectivity index (χ0v) is 17.8. The molecule has 5 nitrogen and oxygen atoms in total. The number of sulfonamides is 1. The van der Waals surface area contributed by atoms with Crippen LogP contribution in [0.1, 0.15) is 38.7 Å². The smallest absolute Gasteiger partial charge is 0.245 e. The van der Waals surface area contributed by atoms with Crippen LogP contribution in [0.3, 0.4) is 0 Å². The van der Waals surface area contributed by atoms with Crippen LogP contribution in [0.15, 0.2) is 52.4 Å². The highest BCUT2D eigenvalue weighted by atomic mass is 32.2. The summed E-state index contributed by atoms with van der Waals surface area (Å²) in [7, 11) is -3.65. The molecular formula is C22H28FN3O2S. The van der Waals surface area contributed by atoms with Crippen molar-refractivity contribution in [3.63, 3.8) is 0 Å². The Balaban J connectivity index is 2.04. The summed E-state index contributed by atoms with van der Waals surface area (Å²) in [5, 5.41) is 0. The van der Waals surface area contributed by atoms with Crippen LogP contribution in [0.5, 0.6) is 0 Å². The third kappa shape index (κ3) is 4.85. The van der Waals surface area contributed by atoms with Crippen LogP contribution in [-0.4, -0.2) is 45.1 Å². The van der Waals surface area contributed by atoms with Crippen molar-refractivity contribution in [2.45, 2.75) is 38.0 Å². The number of piperidine rings is 1. The Morgan fingerprint density at radius 3 is 2.41 bits per heavy atom. The molecule has 1 fully saturated rings. The molecule has 2 aromatic rings. The third-order valence-electron chi connectivity index (χ3n) is 5.22. The molecule has 2 aromatic carbocycles. The maximum absolute atomic E-state index is 13.9. The maximum Gasteiger partial charge on any atom is 0.245 e. The summed E-state index contributed by atoms with van der Waals surface area (Å²) in [4.78, 5) is 6.76. The maximum atomic E-state index is 13.9. The summed E-state index contributed by atoms with van der Waals surface area (Å²) in [6.45, 7) is 6.17. The molecule has 0 N–H and O–H groups in total. The zero-order chi connectivity index (χ0) is 20.9. The third-order valence-corrected chi connectivity index (χ3v) is 7.30. The number of halogens is 1. The van der Waals surface area contributed by atoms with Crippen molar-refractivity contribution < 1.29 is 12.8 Å². The standard InChI is InChI=1S/C22H28FN3O2S/c1-3-26(4-2)29(27,28)22-16-19(24-17-18-10-6-7-11-20(18)23)12-13-21(22)25-14-8-5-9-15-25/h6-7,10-13,16-17H,3-5,8-9,14-15H2,1-2H3. The monoisotopic (exact) mass is 417 g/mol. The van der Waals surface area contributed by atoms with Gasteiger partial charge in [-0.3, -0.25) is 4.99 Å². The molecule has 0 radical (unpaired) electrons. The van der Waals surface area contributed by atoms with Crippen molar-refractivity contribution >= 4 is 27.6 Å². The van der Waals surface area contributed by atoms with Crippen LogP contribution in [-0.2, 0) is 10.0 Å². The first-order valence-corrected chi connectivity index (χ1v) is 11.6. The molecule has 1 heterocycles. The first-order valence-electron chi connectivity index (χ1n) is 10.1. The average Bonchev–Trinajstić information content (AvgIpc) is 2.74. The summed E-state index contributed by atoms with van der Waals surface area (Å²) in [6, 6.07) is 11.6. The van der Waals surface area contributed by atoms with Gasteiger partial charge < -0.3 is 4.90 Å². The van der Waals surface area contributed by atoms with Crippen LogP contribution in [0.2, 0.25) is 0 Å². The molecule has 3 rings (SSSR count). The van der Waals surface area contributed by atoms with E-state index in [1.165, 1.54) is 23.0 Å². The van der Waals surface area contributed by atoms with Crippen LogP contribution in [0.4, 0.5) is 15.8 Å². The van der Waals surface area contributed by atoms with Crippen molar-refractivity contribution in [2.24, 2.45) is 4.99 Å². The van der Waals surface area contributed by atoms with E-state index >= 15 is 0 Å². The molecule has 156 valence electrons. The van der Waals surface area contributed by atoms with Gasteiger partial charge in [-0.25, -0.2) is 12.8 Å². The summed E-state index contributed by atoms with van der Waals surface area (Å²) in [5.74, 6) is -0.364. The molecule has 1 saturated heterocycles. The highest BCUT2D eigenvalue weighted by Gasteiger charge is 2.28. The lowest BCUT2D eigenvalue weighted by Gasteiger charge is -2.31. The molecule has 0 bridgehead atoms. The second-order valence-corrected chi connectivity index (χ2v) is 8.98. The molecule has 0 aliphatic carbocycles. The normalized spacial score (nSPS) is 15.4. The van der Waals surface area contributed by atoms with Crippen LogP contribution in [0, 0.1) is 5.82 Å². The van der Waals surface area contributed by atoms with Gasteiger partial charge in [0.15, 0.2) is 0 Å². The number of anilines is 1. The fourth-order valence-electron chi connectivity index (χ4n) is 3.61. The van der Waals surface area contributed by atoms with Gasteiger partial charge in [0.1, 0.15) is 10.7 Å².